The topological polar surface area (TPSA) is 109 Å². The van der Waals surface area contributed by atoms with Gasteiger partial charge in [0.05, 0.1) is 12.0 Å². The zero-order chi connectivity index (χ0) is 23.3. The van der Waals surface area contributed by atoms with Gasteiger partial charge in [0.1, 0.15) is 0 Å². The van der Waals surface area contributed by atoms with Gasteiger partial charge in [0.15, 0.2) is 11.3 Å². The van der Waals surface area contributed by atoms with E-state index in [1.165, 1.54) is 18.2 Å². The standard InChI is InChI=1S/C21H27F3N2O4/c1-12(2)9-15(10-17(27)28)18(29)20(13(3)4,19(25)30)26-11-14-5-7-16(8-6-14)21(22,23)24/h5-9,12-13,26H,10-11H2,1-4H3,(H2,25,30)(H,27,28)/t20-/m1/s1. The lowest BCUT2D eigenvalue weighted by Crippen LogP contribution is -2.64. The summed E-state index contributed by atoms with van der Waals surface area (Å²) in [6.07, 6.45) is -3.60. The zero-order valence-corrected chi connectivity index (χ0v) is 17.3. The first-order valence-electron chi connectivity index (χ1n) is 9.40. The molecule has 0 fully saturated rings. The number of Topliss-reactive ketones (excluding diaryl/α,β-unsaturated/α-hetero) is 1. The molecule has 1 aromatic carbocycles. The SMILES string of the molecule is CC(C)C=C(CC(=O)O)C(=O)[C@@](NCc1ccc(C(F)(F)F)cc1)(C(N)=O)C(C)C. The van der Waals surface area contributed by atoms with Crippen molar-refractivity contribution >= 4 is 17.7 Å². The second kappa shape index (κ2) is 9.88. The van der Waals surface area contributed by atoms with Gasteiger partial charge < -0.3 is 10.8 Å². The predicted molar refractivity (Wildman–Crippen MR) is 105 cm³/mol. The molecule has 166 valence electrons. The van der Waals surface area contributed by atoms with Crippen LogP contribution in [0, 0.1) is 11.8 Å². The number of nitrogens with one attached hydrogen (secondary N) is 1. The van der Waals surface area contributed by atoms with Crippen LogP contribution in [-0.4, -0.2) is 28.3 Å². The Bertz CT molecular complexity index is 815. The normalized spacial score (nSPS) is 14.6. The summed E-state index contributed by atoms with van der Waals surface area (Å²) in [7, 11) is 0. The van der Waals surface area contributed by atoms with Gasteiger partial charge in [-0.05, 0) is 29.5 Å². The summed E-state index contributed by atoms with van der Waals surface area (Å²) in [6.45, 7) is 6.55. The van der Waals surface area contributed by atoms with Crippen molar-refractivity contribution in [3.8, 4) is 0 Å². The Morgan fingerprint density at radius 2 is 1.63 bits per heavy atom. The highest BCUT2D eigenvalue weighted by molar-refractivity contribution is 6.18. The molecule has 0 aliphatic heterocycles. The quantitative estimate of drug-likeness (QED) is 0.391. The van der Waals surface area contributed by atoms with Crippen LogP contribution < -0.4 is 11.1 Å². The lowest BCUT2D eigenvalue weighted by Gasteiger charge is -2.35. The van der Waals surface area contributed by atoms with Gasteiger partial charge in [-0.25, -0.2) is 0 Å². The Morgan fingerprint density at radius 1 is 1.10 bits per heavy atom. The highest BCUT2D eigenvalue weighted by atomic mass is 19.4. The maximum atomic E-state index is 13.3. The van der Waals surface area contributed by atoms with Crippen LogP contribution in [0.15, 0.2) is 35.9 Å². The second-order valence-corrected chi connectivity index (χ2v) is 7.71. The van der Waals surface area contributed by atoms with Crippen molar-refractivity contribution in [3.63, 3.8) is 0 Å². The molecule has 0 aromatic heterocycles. The summed E-state index contributed by atoms with van der Waals surface area (Å²) in [5.41, 5.74) is 3.16. The third-order valence-corrected chi connectivity index (χ3v) is 4.63. The van der Waals surface area contributed by atoms with Crippen molar-refractivity contribution in [2.24, 2.45) is 17.6 Å². The van der Waals surface area contributed by atoms with E-state index in [1.54, 1.807) is 27.7 Å². The first-order valence-corrected chi connectivity index (χ1v) is 9.40. The molecule has 0 heterocycles. The fourth-order valence-electron chi connectivity index (χ4n) is 3.12. The van der Waals surface area contributed by atoms with Crippen LogP contribution in [-0.2, 0) is 27.1 Å². The summed E-state index contributed by atoms with van der Waals surface area (Å²) in [4.78, 5) is 36.9. The number of amides is 1. The van der Waals surface area contributed by atoms with Gasteiger partial charge in [0.2, 0.25) is 5.91 Å². The van der Waals surface area contributed by atoms with Gasteiger partial charge in [-0.3, -0.25) is 19.7 Å². The Hall–Kier alpha value is -2.68. The average molecular weight is 428 g/mol. The molecule has 0 spiro atoms. The van der Waals surface area contributed by atoms with E-state index in [-0.39, 0.29) is 18.0 Å². The lowest BCUT2D eigenvalue weighted by atomic mass is 9.77. The van der Waals surface area contributed by atoms with Crippen molar-refractivity contribution in [3.05, 3.63) is 47.0 Å². The van der Waals surface area contributed by atoms with E-state index >= 15 is 0 Å². The molecule has 0 bridgehead atoms. The Morgan fingerprint density at radius 3 is 2.00 bits per heavy atom. The molecule has 0 saturated carbocycles. The van der Waals surface area contributed by atoms with Crippen LogP contribution in [0.25, 0.3) is 0 Å². The first-order chi connectivity index (χ1) is 13.7. The number of rotatable bonds is 10. The third kappa shape index (κ3) is 6.16. The average Bonchev–Trinajstić information content (AvgIpc) is 2.59. The van der Waals surface area contributed by atoms with Crippen molar-refractivity contribution in [2.45, 2.75) is 52.4 Å². The zero-order valence-electron chi connectivity index (χ0n) is 17.3. The summed E-state index contributed by atoms with van der Waals surface area (Å²) in [5, 5.41) is 12.0. The van der Waals surface area contributed by atoms with Crippen molar-refractivity contribution < 1.29 is 32.7 Å². The van der Waals surface area contributed by atoms with Gasteiger partial charge in [-0.2, -0.15) is 13.2 Å². The highest BCUT2D eigenvalue weighted by Gasteiger charge is 2.48. The summed E-state index contributed by atoms with van der Waals surface area (Å²) >= 11 is 0. The number of primary amides is 1. The van der Waals surface area contributed by atoms with Gasteiger partial charge in [-0.15, -0.1) is 0 Å². The van der Waals surface area contributed by atoms with Gasteiger partial charge >= 0.3 is 12.1 Å². The lowest BCUT2D eigenvalue weighted by molar-refractivity contribution is -0.140. The fourth-order valence-corrected chi connectivity index (χ4v) is 3.12. The molecule has 30 heavy (non-hydrogen) atoms. The van der Waals surface area contributed by atoms with Crippen LogP contribution in [0.5, 0.6) is 0 Å². The largest absolute Gasteiger partial charge is 0.481 e. The van der Waals surface area contributed by atoms with E-state index in [0.29, 0.717) is 5.56 Å². The van der Waals surface area contributed by atoms with E-state index in [0.717, 1.165) is 12.1 Å². The number of carbonyl (C=O) groups excluding carboxylic acids is 2. The molecule has 6 nitrogen and oxygen atoms in total. The number of nitrogens with two attached hydrogens (primary N) is 1. The second-order valence-electron chi connectivity index (χ2n) is 7.71. The molecule has 4 N–H and O–H groups in total. The predicted octanol–water partition coefficient (Wildman–Crippen LogP) is 3.30. The Balaban J connectivity index is 3.30. The van der Waals surface area contributed by atoms with Gasteiger partial charge in [0.25, 0.3) is 0 Å². The Labute approximate surface area is 173 Å². The number of carboxylic acids is 1. The molecule has 0 saturated heterocycles. The molecule has 1 rings (SSSR count). The summed E-state index contributed by atoms with van der Waals surface area (Å²) < 4.78 is 38.2. The summed E-state index contributed by atoms with van der Waals surface area (Å²) in [6, 6.07) is 4.26. The van der Waals surface area contributed by atoms with Crippen LogP contribution in [0.1, 0.15) is 45.2 Å². The number of hydrogen-bond acceptors (Lipinski definition) is 4. The molecule has 1 aromatic rings. The molecule has 1 atom stereocenters. The van der Waals surface area contributed by atoms with Crippen LogP contribution in [0.4, 0.5) is 13.2 Å². The minimum Gasteiger partial charge on any atom is -0.481 e. The van der Waals surface area contributed by atoms with E-state index < -0.39 is 47.3 Å². The number of ketones is 1. The van der Waals surface area contributed by atoms with Crippen molar-refractivity contribution in [1.29, 1.82) is 0 Å². The maximum Gasteiger partial charge on any atom is 0.416 e. The number of carboxylic acid groups (broad SMARTS) is 1. The van der Waals surface area contributed by atoms with E-state index in [9.17, 15) is 27.6 Å². The smallest absolute Gasteiger partial charge is 0.416 e. The number of benzene rings is 1. The van der Waals surface area contributed by atoms with Gasteiger partial charge in [-0.1, -0.05) is 45.9 Å². The highest BCUT2D eigenvalue weighted by Crippen LogP contribution is 2.30. The molecule has 0 aliphatic carbocycles. The Kier molecular flexibility index (Phi) is 8.35. The number of hydrogen-bond donors (Lipinski definition) is 3. The monoisotopic (exact) mass is 428 g/mol. The van der Waals surface area contributed by atoms with E-state index in [2.05, 4.69) is 5.32 Å². The van der Waals surface area contributed by atoms with E-state index in [1.807, 2.05) is 0 Å². The van der Waals surface area contributed by atoms with Crippen LogP contribution in [0.2, 0.25) is 0 Å². The number of allylic oxidation sites excluding steroid dienone is 1. The minimum atomic E-state index is -4.48. The maximum absolute atomic E-state index is 13.3. The van der Waals surface area contributed by atoms with Crippen LogP contribution in [0.3, 0.4) is 0 Å². The molecule has 0 radical (unpaired) electrons. The van der Waals surface area contributed by atoms with Crippen molar-refractivity contribution in [1.82, 2.24) is 5.32 Å². The molecular weight excluding hydrogens is 401 g/mol. The molecule has 0 unspecified atom stereocenters. The molecule has 0 aliphatic rings. The fraction of sp³-hybridized carbons (Fsp3) is 0.476. The third-order valence-electron chi connectivity index (χ3n) is 4.63. The molecule has 1 amide bonds. The molecule has 9 heteroatoms. The number of alkyl halides is 3. The van der Waals surface area contributed by atoms with Crippen LogP contribution >= 0.6 is 0 Å². The minimum absolute atomic E-state index is 0.0649. The van der Waals surface area contributed by atoms with E-state index in [4.69, 9.17) is 10.8 Å². The van der Waals surface area contributed by atoms with Gasteiger partial charge in [0, 0.05) is 12.1 Å². The number of carbonyl (C=O) groups is 3. The first kappa shape index (κ1) is 25.4. The molecular formula is C21H27F3N2O4. The number of halogens is 3. The summed E-state index contributed by atoms with van der Waals surface area (Å²) in [5.74, 6) is -3.79. The van der Waals surface area contributed by atoms with Crippen molar-refractivity contribution in [2.75, 3.05) is 0 Å². The number of aliphatic carboxylic acids is 1.